The molecule has 0 atom stereocenters. The zero-order valence-corrected chi connectivity index (χ0v) is 6.69. The Morgan fingerprint density at radius 3 is 3.08 bits per heavy atom. The van der Waals surface area contributed by atoms with Gasteiger partial charge in [0.1, 0.15) is 5.76 Å². The minimum absolute atomic E-state index is 0.138. The highest BCUT2D eigenvalue weighted by Crippen LogP contribution is 2.06. The third-order valence-electron chi connectivity index (χ3n) is 1.31. The minimum atomic E-state index is -0.366. The molecular weight excluding hydrogens is 158 g/mol. The van der Waals surface area contributed by atoms with E-state index in [1.54, 1.807) is 25.1 Å². The van der Waals surface area contributed by atoms with E-state index >= 15 is 0 Å². The summed E-state index contributed by atoms with van der Waals surface area (Å²) >= 11 is 0. The van der Waals surface area contributed by atoms with Gasteiger partial charge in [0.05, 0.1) is 6.26 Å². The standard InChI is InChI=1S/C8H9NO3/c1-7(6-9(10)11)5-8-3-2-4-12-8/h2-5H,6H2,1H3/b7-5+. The van der Waals surface area contributed by atoms with E-state index in [9.17, 15) is 10.1 Å². The maximum absolute atomic E-state index is 10.1. The average molecular weight is 167 g/mol. The van der Waals surface area contributed by atoms with E-state index in [0.29, 0.717) is 11.3 Å². The van der Waals surface area contributed by atoms with Gasteiger partial charge in [0.25, 0.3) is 0 Å². The molecule has 0 radical (unpaired) electrons. The van der Waals surface area contributed by atoms with Crippen LogP contribution in [-0.2, 0) is 0 Å². The molecule has 0 saturated heterocycles. The molecule has 0 saturated carbocycles. The smallest absolute Gasteiger partial charge is 0.225 e. The second kappa shape index (κ2) is 3.71. The van der Waals surface area contributed by atoms with Gasteiger partial charge in [-0.15, -0.1) is 0 Å². The summed E-state index contributed by atoms with van der Waals surface area (Å²) in [6.45, 7) is 1.56. The van der Waals surface area contributed by atoms with Crippen LogP contribution in [0.25, 0.3) is 6.08 Å². The predicted octanol–water partition coefficient (Wildman–Crippen LogP) is 1.96. The van der Waals surface area contributed by atoms with Crippen molar-refractivity contribution in [3.05, 3.63) is 39.8 Å². The zero-order chi connectivity index (χ0) is 8.97. The zero-order valence-electron chi connectivity index (χ0n) is 6.69. The van der Waals surface area contributed by atoms with Crippen LogP contribution in [0, 0.1) is 10.1 Å². The van der Waals surface area contributed by atoms with E-state index in [0.717, 1.165) is 0 Å². The fourth-order valence-corrected chi connectivity index (χ4v) is 0.866. The third kappa shape index (κ3) is 2.57. The van der Waals surface area contributed by atoms with Crippen LogP contribution in [0.2, 0.25) is 0 Å². The molecule has 0 bridgehead atoms. The lowest BCUT2D eigenvalue weighted by molar-refractivity contribution is -0.470. The van der Waals surface area contributed by atoms with Crippen LogP contribution in [0.4, 0.5) is 0 Å². The molecule has 0 aliphatic rings. The van der Waals surface area contributed by atoms with E-state index < -0.39 is 0 Å². The van der Waals surface area contributed by atoms with Gasteiger partial charge in [-0.25, -0.2) is 0 Å². The molecule has 0 fully saturated rings. The highest BCUT2D eigenvalue weighted by atomic mass is 16.6. The van der Waals surface area contributed by atoms with Crippen molar-refractivity contribution in [1.29, 1.82) is 0 Å². The van der Waals surface area contributed by atoms with Crippen molar-refractivity contribution in [2.45, 2.75) is 6.92 Å². The molecule has 0 aromatic carbocycles. The second-order valence-corrected chi connectivity index (χ2v) is 2.50. The number of nitro groups is 1. The van der Waals surface area contributed by atoms with Crippen molar-refractivity contribution in [3.63, 3.8) is 0 Å². The van der Waals surface area contributed by atoms with E-state index in [4.69, 9.17) is 4.42 Å². The van der Waals surface area contributed by atoms with Crippen LogP contribution in [0.1, 0.15) is 12.7 Å². The molecule has 4 heteroatoms. The number of nitrogens with zero attached hydrogens (tertiary/aromatic N) is 1. The molecule has 1 heterocycles. The number of rotatable bonds is 3. The number of furan rings is 1. The summed E-state index contributed by atoms with van der Waals surface area (Å²) in [5, 5.41) is 10.1. The van der Waals surface area contributed by atoms with Gasteiger partial charge < -0.3 is 4.42 Å². The van der Waals surface area contributed by atoms with Crippen LogP contribution in [0.5, 0.6) is 0 Å². The first kappa shape index (κ1) is 8.52. The largest absolute Gasteiger partial charge is 0.465 e. The van der Waals surface area contributed by atoms with E-state index in [-0.39, 0.29) is 11.5 Å². The average Bonchev–Trinajstić information content (AvgIpc) is 2.37. The van der Waals surface area contributed by atoms with Crippen LogP contribution in [0.15, 0.2) is 28.4 Å². The highest BCUT2D eigenvalue weighted by molar-refractivity contribution is 5.46. The van der Waals surface area contributed by atoms with Gasteiger partial charge in [0.2, 0.25) is 6.54 Å². The molecule has 0 aliphatic carbocycles. The highest BCUT2D eigenvalue weighted by Gasteiger charge is 1.99. The summed E-state index contributed by atoms with van der Waals surface area (Å²) in [7, 11) is 0. The Morgan fingerprint density at radius 2 is 2.58 bits per heavy atom. The number of hydrogen-bond acceptors (Lipinski definition) is 3. The molecule has 12 heavy (non-hydrogen) atoms. The van der Waals surface area contributed by atoms with Crippen molar-refractivity contribution >= 4 is 6.08 Å². The Hall–Kier alpha value is -1.58. The first-order valence-electron chi connectivity index (χ1n) is 3.51. The van der Waals surface area contributed by atoms with E-state index in [1.165, 1.54) is 6.26 Å². The minimum Gasteiger partial charge on any atom is -0.465 e. The normalized spacial score (nSPS) is 11.6. The quantitative estimate of drug-likeness (QED) is 0.510. The Labute approximate surface area is 69.6 Å². The molecule has 1 aromatic rings. The maximum atomic E-state index is 10.1. The molecule has 4 nitrogen and oxygen atoms in total. The molecule has 1 rings (SSSR count). The van der Waals surface area contributed by atoms with Gasteiger partial charge in [0.15, 0.2) is 0 Å². The van der Waals surface area contributed by atoms with Crippen molar-refractivity contribution < 1.29 is 9.34 Å². The summed E-state index contributed by atoms with van der Waals surface area (Å²) in [6.07, 6.45) is 3.19. The van der Waals surface area contributed by atoms with Gasteiger partial charge in [-0.3, -0.25) is 10.1 Å². The summed E-state index contributed by atoms with van der Waals surface area (Å²) in [6, 6.07) is 3.49. The molecule has 0 aliphatic heterocycles. The van der Waals surface area contributed by atoms with Crippen molar-refractivity contribution in [1.82, 2.24) is 0 Å². The lowest BCUT2D eigenvalue weighted by Crippen LogP contribution is -2.00. The van der Waals surface area contributed by atoms with Gasteiger partial charge in [-0.1, -0.05) is 0 Å². The van der Waals surface area contributed by atoms with Gasteiger partial charge in [0, 0.05) is 10.5 Å². The summed E-state index contributed by atoms with van der Waals surface area (Å²) in [5.41, 5.74) is 0.676. The molecule has 1 aromatic heterocycles. The monoisotopic (exact) mass is 167 g/mol. The second-order valence-electron chi connectivity index (χ2n) is 2.50. The van der Waals surface area contributed by atoms with Crippen LogP contribution in [-0.4, -0.2) is 11.5 Å². The topological polar surface area (TPSA) is 56.3 Å². The molecule has 0 N–H and O–H groups in total. The molecule has 0 amide bonds. The first-order chi connectivity index (χ1) is 5.68. The lowest BCUT2D eigenvalue weighted by Gasteiger charge is -1.91. The van der Waals surface area contributed by atoms with Crippen LogP contribution < -0.4 is 0 Å². The van der Waals surface area contributed by atoms with Gasteiger partial charge in [-0.2, -0.15) is 0 Å². The Balaban J connectivity index is 2.63. The fraction of sp³-hybridized carbons (Fsp3) is 0.250. The Kier molecular flexibility index (Phi) is 2.63. The van der Waals surface area contributed by atoms with Crippen LogP contribution in [0.3, 0.4) is 0 Å². The summed E-state index contributed by atoms with van der Waals surface area (Å²) in [5.74, 6) is 0.648. The molecular formula is C8H9NO3. The Bertz CT molecular complexity index is 287. The number of hydrogen-bond donors (Lipinski definition) is 0. The lowest BCUT2D eigenvalue weighted by atomic mass is 10.2. The van der Waals surface area contributed by atoms with Crippen molar-refractivity contribution in [3.8, 4) is 0 Å². The van der Waals surface area contributed by atoms with E-state index in [2.05, 4.69) is 0 Å². The fourth-order valence-electron chi connectivity index (χ4n) is 0.866. The third-order valence-corrected chi connectivity index (χ3v) is 1.31. The van der Waals surface area contributed by atoms with E-state index in [1.807, 2.05) is 0 Å². The SMILES string of the molecule is C/C(=C\c1ccco1)C[N+](=O)[O-]. The van der Waals surface area contributed by atoms with Gasteiger partial charge >= 0.3 is 0 Å². The first-order valence-corrected chi connectivity index (χ1v) is 3.51. The summed E-state index contributed by atoms with van der Waals surface area (Å²) < 4.78 is 4.99. The van der Waals surface area contributed by atoms with Crippen molar-refractivity contribution in [2.24, 2.45) is 0 Å². The Morgan fingerprint density at radius 1 is 1.83 bits per heavy atom. The van der Waals surface area contributed by atoms with Crippen LogP contribution >= 0.6 is 0 Å². The molecule has 0 unspecified atom stereocenters. The maximum Gasteiger partial charge on any atom is 0.225 e. The predicted molar refractivity (Wildman–Crippen MR) is 44.2 cm³/mol. The molecule has 64 valence electrons. The molecule has 0 spiro atoms. The summed E-state index contributed by atoms with van der Waals surface area (Å²) in [4.78, 5) is 9.71. The van der Waals surface area contributed by atoms with Crippen molar-refractivity contribution in [2.75, 3.05) is 6.54 Å². The van der Waals surface area contributed by atoms with Gasteiger partial charge in [-0.05, 0) is 25.1 Å².